The van der Waals surface area contributed by atoms with Gasteiger partial charge in [-0.1, -0.05) is 6.07 Å². The molecule has 4 nitrogen and oxygen atoms in total. The number of likely N-dealkylation sites (tertiary alicyclic amines) is 1. The summed E-state index contributed by atoms with van der Waals surface area (Å²) in [6.07, 6.45) is 3.75. The number of piperidine rings is 1. The molecule has 2 aliphatic rings. The molecule has 18 heavy (non-hydrogen) atoms. The summed E-state index contributed by atoms with van der Waals surface area (Å²) in [6.45, 7) is 6.59. The Labute approximate surface area is 108 Å². The lowest BCUT2D eigenvalue weighted by atomic mass is 9.83. The first-order chi connectivity index (χ1) is 8.62. The van der Waals surface area contributed by atoms with Gasteiger partial charge >= 0.3 is 0 Å². The Bertz CT molecular complexity index is 438. The van der Waals surface area contributed by atoms with Gasteiger partial charge in [0.2, 0.25) is 5.88 Å². The first kappa shape index (κ1) is 11.9. The van der Waals surface area contributed by atoms with E-state index in [4.69, 9.17) is 10.5 Å². The minimum atomic E-state index is -0.220. The first-order valence-corrected chi connectivity index (χ1v) is 6.76. The van der Waals surface area contributed by atoms with Crippen molar-refractivity contribution in [2.24, 2.45) is 5.73 Å². The Morgan fingerprint density at radius 2 is 2.17 bits per heavy atom. The van der Waals surface area contributed by atoms with Crippen molar-refractivity contribution in [3.8, 4) is 5.88 Å². The fraction of sp³-hybridized carbons (Fsp3) is 0.643. The molecule has 2 N–H and O–H groups in total. The Morgan fingerprint density at radius 3 is 2.78 bits per heavy atom. The molecular formula is C14H21N3O. The molecular weight excluding hydrogens is 226 g/mol. The first-order valence-electron chi connectivity index (χ1n) is 6.76. The van der Waals surface area contributed by atoms with Gasteiger partial charge in [0.15, 0.2) is 0 Å². The maximum absolute atomic E-state index is 6.39. The van der Waals surface area contributed by atoms with Crippen molar-refractivity contribution in [1.82, 2.24) is 9.88 Å². The van der Waals surface area contributed by atoms with Crippen molar-refractivity contribution in [3.05, 3.63) is 23.9 Å². The molecule has 0 aromatic carbocycles. The zero-order valence-electron chi connectivity index (χ0n) is 11.1. The summed E-state index contributed by atoms with van der Waals surface area (Å²) in [7, 11) is 0. The van der Waals surface area contributed by atoms with Crippen molar-refractivity contribution in [1.29, 1.82) is 0 Å². The highest BCUT2D eigenvalue weighted by Crippen LogP contribution is 2.45. The van der Waals surface area contributed by atoms with Crippen LogP contribution in [0.5, 0.6) is 5.88 Å². The molecule has 3 heterocycles. The SMILES string of the molecule is CC(C)N1CCC2(CC1)Oc1ncccc1[C@H]2N. The van der Waals surface area contributed by atoms with Crippen molar-refractivity contribution in [2.45, 2.75) is 44.4 Å². The minimum absolute atomic E-state index is 0.0319. The van der Waals surface area contributed by atoms with Crippen LogP contribution in [0.1, 0.15) is 38.3 Å². The van der Waals surface area contributed by atoms with Gasteiger partial charge in [0.25, 0.3) is 0 Å². The van der Waals surface area contributed by atoms with Crippen LogP contribution in [0.25, 0.3) is 0 Å². The van der Waals surface area contributed by atoms with Crippen molar-refractivity contribution >= 4 is 0 Å². The zero-order chi connectivity index (χ0) is 12.8. The van der Waals surface area contributed by atoms with Crippen LogP contribution >= 0.6 is 0 Å². The Balaban J connectivity index is 1.80. The molecule has 0 aliphatic carbocycles. The van der Waals surface area contributed by atoms with Gasteiger partial charge in [-0.05, 0) is 19.9 Å². The van der Waals surface area contributed by atoms with E-state index in [0.29, 0.717) is 6.04 Å². The van der Waals surface area contributed by atoms with Crippen LogP contribution in [0.2, 0.25) is 0 Å². The average molecular weight is 247 g/mol. The lowest BCUT2D eigenvalue weighted by Gasteiger charge is -2.42. The molecule has 0 amide bonds. The highest BCUT2D eigenvalue weighted by atomic mass is 16.5. The van der Waals surface area contributed by atoms with Crippen molar-refractivity contribution in [2.75, 3.05) is 13.1 Å². The normalized spacial score (nSPS) is 26.3. The van der Waals surface area contributed by atoms with Gasteiger partial charge in [-0.2, -0.15) is 0 Å². The predicted octanol–water partition coefficient (Wildman–Crippen LogP) is 1.72. The summed E-state index contributed by atoms with van der Waals surface area (Å²) >= 11 is 0. The Morgan fingerprint density at radius 1 is 1.44 bits per heavy atom. The zero-order valence-corrected chi connectivity index (χ0v) is 11.1. The number of hydrogen-bond acceptors (Lipinski definition) is 4. The number of aromatic nitrogens is 1. The Kier molecular flexibility index (Phi) is 2.79. The summed E-state index contributed by atoms with van der Waals surface area (Å²) in [6, 6.07) is 4.54. The molecule has 1 fully saturated rings. The predicted molar refractivity (Wildman–Crippen MR) is 70.5 cm³/mol. The molecule has 98 valence electrons. The second-order valence-electron chi connectivity index (χ2n) is 5.67. The van der Waals surface area contributed by atoms with Crippen LogP contribution in [0.4, 0.5) is 0 Å². The Hall–Kier alpha value is -1.13. The number of hydrogen-bond donors (Lipinski definition) is 1. The summed E-state index contributed by atoms with van der Waals surface area (Å²) in [5, 5.41) is 0. The number of rotatable bonds is 1. The summed E-state index contributed by atoms with van der Waals surface area (Å²) in [4.78, 5) is 6.78. The van der Waals surface area contributed by atoms with E-state index in [0.717, 1.165) is 37.4 Å². The summed E-state index contributed by atoms with van der Waals surface area (Å²) < 4.78 is 6.11. The molecule has 0 bridgehead atoms. The molecule has 0 saturated carbocycles. The number of ether oxygens (including phenoxy) is 1. The van der Waals surface area contributed by atoms with Crippen LogP contribution in [0, 0.1) is 0 Å². The fourth-order valence-corrected chi connectivity index (χ4v) is 3.10. The summed E-state index contributed by atoms with van der Waals surface area (Å²) in [5.41, 5.74) is 7.24. The van der Waals surface area contributed by atoms with Crippen LogP contribution in [-0.4, -0.2) is 34.6 Å². The maximum Gasteiger partial charge on any atom is 0.218 e. The maximum atomic E-state index is 6.39. The lowest BCUT2D eigenvalue weighted by Crippen LogP contribution is -2.52. The number of nitrogens with two attached hydrogens (primary N) is 1. The van der Waals surface area contributed by atoms with E-state index in [2.05, 4.69) is 23.7 Å². The highest BCUT2D eigenvalue weighted by molar-refractivity contribution is 5.37. The van der Waals surface area contributed by atoms with Crippen LogP contribution in [0.3, 0.4) is 0 Å². The lowest BCUT2D eigenvalue weighted by molar-refractivity contribution is -0.00910. The van der Waals surface area contributed by atoms with E-state index in [9.17, 15) is 0 Å². The van der Waals surface area contributed by atoms with E-state index in [1.54, 1.807) is 6.20 Å². The molecule has 0 unspecified atom stereocenters. The third-order valence-corrected chi connectivity index (χ3v) is 4.38. The van der Waals surface area contributed by atoms with E-state index in [-0.39, 0.29) is 11.6 Å². The average Bonchev–Trinajstić information content (AvgIpc) is 2.64. The van der Waals surface area contributed by atoms with E-state index < -0.39 is 0 Å². The molecule has 1 atom stereocenters. The minimum Gasteiger partial charge on any atom is -0.469 e. The molecule has 1 aromatic rings. The van der Waals surface area contributed by atoms with Crippen molar-refractivity contribution in [3.63, 3.8) is 0 Å². The molecule has 4 heteroatoms. The summed E-state index contributed by atoms with van der Waals surface area (Å²) in [5.74, 6) is 0.739. The molecule has 1 spiro atoms. The molecule has 2 aliphatic heterocycles. The molecule has 3 rings (SSSR count). The van der Waals surface area contributed by atoms with E-state index in [1.165, 1.54) is 0 Å². The second kappa shape index (κ2) is 4.21. The third kappa shape index (κ3) is 1.71. The number of fused-ring (bicyclic) bond motifs is 1. The third-order valence-electron chi connectivity index (χ3n) is 4.38. The van der Waals surface area contributed by atoms with Gasteiger partial charge in [-0.3, -0.25) is 0 Å². The van der Waals surface area contributed by atoms with E-state index in [1.807, 2.05) is 12.1 Å². The molecule has 1 saturated heterocycles. The topological polar surface area (TPSA) is 51.4 Å². The standard InChI is InChI=1S/C14H21N3O/c1-10(2)17-8-5-14(6-9-17)12(15)11-4-3-7-16-13(11)18-14/h3-4,7,10,12H,5-6,8-9,15H2,1-2H3/t12-/m1/s1. The van der Waals surface area contributed by atoms with Gasteiger partial charge < -0.3 is 15.4 Å². The fourth-order valence-electron chi connectivity index (χ4n) is 3.10. The molecule has 0 radical (unpaired) electrons. The molecule has 1 aromatic heterocycles. The number of nitrogens with zero attached hydrogens (tertiary/aromatic N) is 2. The second-order valence-corrected chi connectivity index (χ2v) is 5.67. The smallest absolute Gasteiger partial charge is 0.218 e. The van der Waals surface area contributed by atoms with Crippen LogP contribution < -0.4 is 10.5 Å². The van der Waals surface area contributed by atoms with Crippen LogP contribution in [-0.2, 0) is 0 Å². The van der Waals surface area contributed by atoms with Crippen molar-refractivity contribution < 1.29 is 4.74 Å². The number of pyridine rings is 1. The van der Waals surface area contributed by atoms with Gasteiger partial charge in [0.1, 0.15) is 5.60 Å². The van der Waals surface area contributed by atoms with Crippen LogP contribution in [0.15, 0.2) is 18.3 Å². The van der Waals surface area contributed by atoms with Gasteiger partial charge in [-0.25, -0.2) is 4.98 Å². The van der Waals surface area contributed by atoms with Gasteiger partial charge in [0.05, 0.1) is 6.04 Å². The quantitative estimate of drug-likeness (QED) is 0.821. The van der Waals surface area contributed by atoms with E-state index >= 15 is 0 Å². The highest BCUT2D eigenvalue weighted by Gasteiger charge is 2.49. The van der Waals surface area contributed by atoms with Gasteiger partial charge in [0, 0.05) is 43.7 Å². The largest absolute Gasteiger partial charge is 0.469 e. The monoisotopic (exact) mass is 247 g/mol. The van der Waals surface area contributed by atoms with Gasteiger partial charge in [-0.15, -0.1) is 0 Å².